The van der Waals surface area contributed by atoms with Gasteiger partial charge in [0.05, 0.1) is 6.33 Å². The first kappa shape index (κ1) is 13.5. The Morgan fingerprint density at radius 2 is 1.95 bits per heavy atom. The zero-order valence-corrected chi connectivity index (χ0v) is 11.6. The van der Waals surface area contributed by atoms with E-state index in [1.54, 1.807) is 12.5 Å². The minimum Gasteiger partial charge on any atom is -0.490 e. The van der Waals surface area contributed by atoms with Crippen molar-refractivity contribution in [2.45, 2.75) is 18.9 Å². The topological polar surface area (TPSA) is 67.6 Å². The standard InChI is InChI=1S/C15H17N3O3/c19-15(20)17-8-5-14(6-9-17)21-13-3-1-12(2-4-13)18-10-7-16-11-18/h1-4,7,10-11,14H,5-6,8-9H2,(H,19,20). The predicted molar refractivity (Wildman–Crippen MR) is 76.8 cm³/mol. The normalized spacial score (nSPS) is 15.9. The second-order valence-corrected chi connectivity index (χ2v) is 5.05. The summed E-state index contributed by atoms with van der Waals surface area (Å²) in [6, 6.07) is 7.81. The molecule has 1 saturated heterocycles. The van der Waals surface area contributed by atoms with E-state index in [-0.39, 0.29) is 6.10 Å². The zero-order chi connectivity index (χ0) is 14.7. The number of imidazole rings is 1. The lowest BCUT2D eigenvalue weighted by Gasteiger charge is -2.30. The van der Waals surface area contributed by atoms with Gasteiger partial charge in [0.25, 0.3) is 0 Å². The Balaban J connectivity index is 1.58. The number of aromatic nitrogens is 2. The number of benzene rings is 1. The molecule has 6 nitrogen and oxygen atoms in total. The van der Waals surface area contributed by atoms with Gasteiger partial charge in [0.15, 0.2) is 0 Å². The van der Waals surface area contributed by atoms with Crippen molar-refractivity contribution in [1.82, 2.24) is 14.5 Å². The molecule has 6 heteroatoms. The summed E-state index contributed by atoms with van der Waals surface area (Å²) in [6.07, 6.45) is 6.07. The van der Waals surface area contributed by atoms with Crippen LogP contribution in [0.5, 0.6) is 5.75 Å². The monoisotopic (exact) mass is 287 g/mol. The van der Waals surface area contributed by atoms with E-state index in [1.807, 2.05) is 35.0 Å². The van der Waals surface area contributed by atoms with E-state index < -0.39 is 6.09 Å². The highest BCUT2D eigenvalue weighted by atomic mass is 16.5. The second-order valence-electron chi connectivity index (χ2n) is 5.05. The lowest BCUT2D eigenvalue weighted by molar-refractivity contribution is 0.0895. The van der Waals surface area contributed by atoms with Crippen LogP contribution in [0, 0.1) is 0 Å². The molecule has 1 aliphatic rings. The first-order chi connectivity index (χ1) is 10.2. The van der Waals surface area contributed by atoms with Crippen LogP contribution in [-0.4, -0.2) is 44.8 Å². The molecule has 3 rings (SSSR count). The van der Waals surface area contributed by atoms with Crippen LogP contribution in [0.25, 0.3) is 5.69 Å². The van der Waals surface area contributed by atoms with Crippen molar-refractivity contribution in [3.05, 3.63) is 43.0 Å². The summed E-state index contributed by atoms with van der Waals surface area (Å²) in [7, 11) is 0. The Morgan fingerprint density at radius 1 is 1.24 bits per heavy atom. The van der Waals surface area contributed by atoms with Crippen LogP contribution in [0.2, 0.25) is 0 Å². The van der Waals surface area contributed by atoms with Gasteiger partial charge in [-0.05, 0) is 24.3 Å². The molecular formula is C15H17N3O3. The highest BCUT2D eigenvalue weighted by Gasteiger charge is 2.23. The smallest absolute Gasteiger partial charge is 0.407 e. The molecule has 0 radical (unpaired) electrons. The second kappa shape index (κ2) is 5.87. The third-order valence-electron chi connectivity index (χ3n) is 3.65. The van der Waals surface area contributed by atoms with Gasteiger partial charge in [-0.1, -0.05) is 0 Å². The maximum Gasteiger partial charge on any atom is 0.407 e. The number of carbonyl (C=O) groups is 1. The SMILES string of the molecule is O=C(O)N1CCC(Oc2ccc(-n3ccnc3)cc2)CC1. The third kappa shape index (κ3) is 3.16. The van der Waals surface area contributed by atoms with Crippen molar-refractivity contribution in [3.8, 4) is 11.4 Å². The molecule has 21 heavy (non-hydrogen) atoms. The first-order valence-corrected chi connectivity index (χ1v) is 6.95. The molecule has 0 aliphatic carbocycles. The van der Waals surface area contributed by atoms with Gasteiger partial charge in [0.2, 0.25) is 0 Å². The van der Waals surface area contributed by atoms with Crippen LogP contribution >= 0.6 is 0 Å². The van der Waals surface area contributed by atoms with Crippen molar-refractivity contribution in [3.63, 3.8) is 0 Å². The van der Waals surface area contributed by atoms with Crippen molar-refractivity contribution >= 4 is 6.09 Å². The Bertz CT molecular complexity index is 587. The van der Waals surface area contributed by atoms with E-state index in [9.17, 15) is 4.79 Å². The van der Waals surface area contributed by atoms with Gasteiger partial charge >= 0.3 is 6.09 Å². The van der Waals surface area contributed by atoms with Gasteiger partial charge < -0.3 is 19.3 Å². The molecular weight excluding hydrogens is 270 g/mol. The summed E-state index contributed by atoms with van der Waals surface area (Å²) >= 11 is 0. The predicted octanol–water partition coefficient (Wildman–Crippen LogP) is 2.39. The molecule has 1 aliphatic heterocycles. The van der Waals surface area contributed by atoms with Crippen molar-refractivity contribution in [2.24, 2.45) is 0 Å². The van der Waals surface area contributed by atoms with E-state index in [1.165, 1.54) is 4.90 Å². The molecule has 1 amide bonds. The van der Waals surface area contributed by atoms with Crippen molar-refractivity contribution in [2.75, 3.05) is 13.1 Å². The van der Waals surface area contributed by atoms with Crippen LogP contribution in [-0.2, 0) is 0 Å². The Labute approximate surface area is 122 Å². The van der Waals surface area contributed by atoms with Crippen molar-refractivity contribution in [1.29, 1.82) is 0 Å². The molecule has 110 valence electrons. The van der Waals surface area contributed by atoms with Crippen LogP contribution in [0.4, 0.5) is 4.79 Å². The van der Waals surface area contributed by atoms with Crippen molar-refractivity contribution < 1.29 is 14.6 Å². The fourth-order valence-electron chi connectivity index (χ4n) is 2.47. The summed E-state index contributed by atoms with van der Waals surface area (Å²) in [5.41, 5.74) is 1.03. The molecule has 0 unspecified atom stereocenters. The van der Waals surface area contributed by atoms with E-state index in [4.69, 9.17) is 9.84 Å². The number of hydrogen-bond donors (Lipinski definition) is 1. The molecule has 2 heterocycles. The van der Waals surface area contributed by atoms with E-state index >= 15 is 0 Å². The number of ether oxygens (including phenoxy) is 1. The van der Waals surface area contributed by atoms with Gasteiger partial charge in [-0.25, -0.2) is 9.78 Å². The quantitative estimate of drug-likeness (QED) is 0.941. The van der Waals surface area contributed by atoms with Crippen LogP contribution in [0.3, 0.4) is 0 Å². The maximum atomic E-state index is 10.8. The lowest BCUT2D eigenvalue weighted by atomic mass is 10.1. The Kier molecular flexibility index (Phi) is 3.77. The number of carboxylic acid groups (broad SMARTS) is 1. The number of amides is 1. The summed E-state index contributed by atoms with van der Waals surface area (Å²) in [4.78, 5) is 16.3. The number of nitrogens with zero attached hydrogens (tertiary/aromatic N) is 3. The molecule has 1 aromatic carbocycles. The summed E-state index contributed by atoms with van der Waals surface area (Å²) in [5, 5.41) is 8.91. The van der Waals surface area contributed by atoms with E-state index in [0.29, 0.717) is 13.1 Å². The minimum atomic E-state index is -0.849. The molecule has 2 aromatic rings. The van der Waals surface area contributed by atoms with Gasteiger partial charge in [-0.3, -0.25) is 0 Å². The van der Waals surface area contributed by atoms with Crippen LogP contribution in [0.1, 0.15) is 12.8 Å². The summed E-state index contributed by atoms with van der Waals surface area (Å²) in [6.45, 7) is 1.07. The molecule has 0 spiro atoms. The summed E-state index contributed by atoms with van der Waals surface area (Å²) < 4.78 is 7.84. The highest BCUT2D eigenvalue weighted by Crippen LogP contribution is 2.20. The first-order valence-electron chi connectivity index (χ1n) is 6.95. The lowest BCUT2D eigenvalue weighted by Crippen LogP contribution is -2.41. The van der Waals surface area contributed by atoms with Gasteiger partial charge in [0, 0.05) is 44.0 Å². The molecule has 1 fully saturated rings. The van der Waals surface area contributed by atoms with Gasteiger partial charge in [-0.2, -0.15) is 0 Å². The fourth-order valence-corrected chi connectivity index (χ4v) is 2.47. The van der Waals surface area contributed by atoms with Crippen LogP contribution < -0.4 is 4.74 Å². The average molecular weight is 287 g/mol. The Hall–Kier alpha value is -2.50. The minimum absolute atomic E-state index is 0.0831. The van der Waals surface area contributed by atoms with E-state index in [0.717, 1.165) is 24.3 Å². The molecule has 1 N–H and O–H groups in total. The molecule has 0 atom stereocenters. The number of likely N-dealkylation sites (tertiary alicyclic amines) is 1. The maximum absolute atomic E-state index is 10.8. The zero-order valence-electron chi connectivity index (χ0n) is 11.6. The molecule has 1 aromatic heterocycles. The Morgan fingerprint density at radius 3 is 2.52 bits per heavy atom. The molecule has 0 saturated carbocycles. The molecule has 0 bridgehead atoms. The van der Waals surface area contributed by atoms with Gasteiger partial charge in [0.1, 0.15) is 11.9 Å². The average Bonchev–Trinajstić information content (AvgIpc) is 3.03. The highest BCUT2D eigenvalue weighted by molar-refractivity contribution is 5.65. The van der Waals surface area contributed by atoms with Crippen LogP contribution in [0.15, 0.2) is 43.0 Å². The largest absolute Gasteiger partial charge is 0.490 e. The fraction of sp³-hybridized carbons (Fsp3) is 0.333. The summed E-state index contributed by atoms with van der Waals surface area (Å²) in [5.74, 6) is 0.813. The van der Waals surface area contributed by atoms with E-state index in [2.05, 4.69) is 4.98 Å². The van der Waals surface area contributed by atoms with Gasteiger partial charge in [-0.15, -0.1) is 0 Å². The number of rotatable bonds is 3. The number of hydrogen-bond acceptors (Lipinski definition) is 3. The third-order valence-corrected chi connectivity index (χ3v) is 3.65. The number of piperidine rings is 1.